The first kappa shape index (κ1) is 54.4. The lowest BCUT2D eigenvalue weighted by atomic mass is 9.98. The number of amides is 2. The maximum absolute atomic E-state index is 13.3. The summed E-state index contributed by atoms with van der Waals surface area (Å²) < 4.78 is 67.5. The number of sulfone groups is 2. The Balaban J connectivity index is 1.09. The van der Waals surface area contributed by atoms with Crippen LogP contribution < -0.4 is 16.0 Å². The maximum atomic E-state index is 13.3. The highest BCUT2D eigenvalue weighted by molar-refractivity contribution is 7.96. The Morgan fingerprint density at radius 1 is 0.942 bits per heavy atom. The molecule has 4 N–H and O–H groups in total. The summed E-state index contributed by atoms with van der Waals surface area (Å²) in [7, 11) is -8.13. The van der Waals surface area contributed by atoms with Crippen molar-refractivity contribution >= 4 is 89.6 Å². The van der Waals surface area contributed by atoms with Crippen molar-refractivity contribution in [3.05, 3.63) is 63.5 Å². The van der Waals surface area contributed by atoms with Gasteiger partial charge in [0.15, 0.2) is 43.8 Å². The normalized spacial score (nSPS) is 18.1. The summed E-state index contributed by atoms with van der Waals surface area (Å²) in [6.45, 7) is 18.0. The summed E-state index contributed by atoms with van der Waals surface area (Å²) in [4.78, 5) is 95.7. The molecule has 19 nitrogen and oxygen atoms in total. The van der Waals surface area contributed by atoms with Crippen LogP contribution >= 0.6 is 11.3 Å². The number of ether oxygens (including phenoxy) is 3. The molecule has 2 amide bonds. The molecule has 0 radical (unpaired) electrons. The van der Waals surface area contributed by atoms with Crippen LogP contribution in [0.3, 0.4) is 0 Å². The van der Waals surface area contributed by atoms with Crippen LogP contribution in [0.15, 0.2) is 32.7 Å². The molecule has 2 aliphatic heterocycles. The molecule has 0 saturated heterocycles. The van der Waals surface area contributed by atoms with Crippen LogP contribution in [0, 0.1) is 13.8 Å². The van der Waals surface area contributed by atoms with E-state index >= 15 is 0 Å². The number of aromatic amines is 1. The van der Waals surface area contributed by atoms with E-state index < -0.39 is 78.7 Å². The average molecular weight is 1020 g/mol. The molecule has 22 heteroatoms. The van der Waals surface area contributed by atoms with E-state index in [1.807, 2.05) is 6.92 Å². The second-order valence-electron chi connectivity index (χ2n) is 17.1. The molecule has 4 heterocycles. The molecule has 69 heavy (non-hydrogen) atoms. The summed E-state index contributed by atoms with van der Waals surface area (Å²) in [5, 5.41) is 8.21. The molecule has 0 spiro atoms. The summed E-state index contributed by atoms with van der Waals surface area (Å²) in [5.41, 5.74) is 4.74. The van der Waals surface area contributed by atoms with Crippen LogP contribution in [0.4, 0.5) is 5.69 Å². The van der Waals surface area contributed by atoms with Crippen molar-refractivity contribution in [3.8, 4) is 0 Å². The zero-order chi connectivity index (χ0) is 51.1. The van der Waals surface area contributed by atoms with Gasteiger partial charge in [0, 0.05) is 54.6 Å². The minimum absolute atomic E-state index is 0.0747. The summed E-state index contributed by atoms with van der Waals surface area (Å²) in [6, 6.07) is 5.93. The number of likely N-dealkylation sites (N-methyl/N-ethyl adjacent to an activating group) is 1. The third-order valence-corrected chi connectivity index (χ3v) is 18.1. The Morgan fingerprint density at radius 3 is 2.25 bits per heavy atom. The van der Waals surface area contributed by atoms with E-state index in [1.54, 1.807) is 45.0 Å². The zero-order valence-electron chi connectivity index (χ0n) is 40.2. The Kier molecular flexibility index (Phi) is 18.1. The Labute approximate surface area is 406 Å². The number of hydrogen-bond donors (Lipinski definition) is 4. The molecule has 5 atom stereocenters. The topological polar surface area (TPSA) is 271 Å². The Bertz CT molecular complexity index is 2750. The largest absolute Gasteiger partial charge is 0.452 e. The van der Waals surface area contributed by atoms with Gasteiger partial charge in [-0.1, -0.05) is 26.8 Å². The summed E-state index contributed by atoms with van der Waals surface area (Å²) >= 11 is 0.572. The number of fused-ring (bicyclic) bond motifs is 2. The lowest BCUT2D eigenvalue weighted by Crippen LogP contribution is -2.37. The number of ketones is 2. The van der Waals surface area contributed by atoms with Gasteiger partial charge in [0.1, 0.15) is 20.0 Å². The first-order chi connectivity index (χ1) is 32.4. The molecular formula is C47H61N5O14S3. The van der Waals surface area contributed by atoms with Crippen LogP contribution in [0.25, 0.3) is 11.6 Å². The number of thiophene rings is 1. The minimum Gasteiger partial charge on any atom is -0.452 e. The number of nitrogens with zero attached hydrogens (tertiary/aromatic N) is 1. The van der Waals surface area contributed by atoms with E-state index in [-0.39, 0.29) is 51.7 Å². The number of nitrogens with one attached hydrogen (secondary N) is 4. The van der Waals surface area contributed by atoms with Crippen molar-refractivity contribution in [2.45, 2.75) is 126 Å². The van der Waals surface area contributed by atoms with Gasteiger partial charge >= 0.3 is 17.9 Å². The monoisotopic (exact) mass is 1020 g/mol. The number of H-pyrrole nitrogens is 1. The molecule has 3 aromatic rings. The van der Waals surface area contributed by atoms with Gasteiger partial charge < -0.3 is 40.0 Å². The van der Waals surface area contributed by atoms with Crippen LogP contribution in [0.1, 0.15) is 118 Å². The molecule has 1 aromatic carbocycles. The number of carbonyl (C=O) groups is 7. The lowest BCUT2D eigenvalue weighted by molar-refractivity contribution is -0.179. The van der Waals surface area contributed by atoms with E-state index in [2.05, 4.69) is 39.7 Å². The number of hydrogen-bond acceptors (Lipinski definition) is 17. The first-order valence-electron chi connectivity index (χ1n) is 22.8. The van der Waals surface area contributed by atoms with Crippen molar-refractivity contribution in [1.29, 1.82) is 0 Å². The molecule has 0 unspecified atom stereocenters. The highest BCUT2D eigenvalue weighted by Gasteiger charge is 2.40. The SMILES string of the molecule is CCN[C@H]1C[C@H](C)S(=O)(=O)c2sc(S(=O)(=O)CC(=O)[C@H](C)OC(=O)[C@H](C)OC(=O)[C@H](C)OC(=O)CCC(=O)Cc3ccc4c(c3)/C(=C/c3[nH]c(C)c(C(=O)NCCN(CC)CC)c3C)C(=O)N4)cc21. The number of aryl methyl sites for hydroxylation is 1. The van der Waals surface area contributed by atoms with Crippen LogP contribution in [-0.4, -0.2) is 130 Å². The van der Waals surface area contributed by atoms with Gasteiger partial charge in [-0.3, -0.25) is 24.0 Å². The fourth-order valence-electron chi connectivity index (χ4n) is 7.93. The third kappa shape index (κ3) is 13.0. The number of esters is 3. The Morgan fingerprint density at radius 2 is 1.59 bits per heavy atom. The molecule has 2 aliphatic rings. The first-order valence-corrected chi connectivity index (χ1v) is 26.8. The van der Waals surface area contributed by atoms with Gasteiger partial charge in [-0.2, -0.15) is 0 Å². The van der Waals surface area contributed by atoms with Crippen molar-refractivity contribution < 1.29 is 64.6 Å². The van der Waals surface area contributed by atoms with Gasteiger partial charge in [0.25, 0.3) is 11.8 Å². The minimum atomic E-state index is -4.35. The molecule has 0 aliphatic carbocycles. The number of anilines is 1. The van der Waals surface area contributed by atoms with Crippen molar-refractivity contribution in [1.82, 2.24) is 20.5 Å². The predicted molar refractivity (Wildman–Crippen MR) is 257 cm³/mol. The maximum Gasteiger partial charge on any atom is 0.347 e. The smallest absolute Gasteiger partial charge is 0.347 e. The highest BCUT2D eigenvalue weighted by Crippen LogP contribution is 2.43. The zero-order valence-corrected chi connectivity index (χ0v) is 42.7. The van der Waals surface area contributed by atoms with Gasteiger partial charge in [-0.15, -0.1) is 11.3 Å². The van der Waals surface area contributed by atoms with E-state index in [0.29, 0.717) is 81.4 Å². The van der Waals surface area contributed by atoms with E-state index in [4.69, 9.17) is 14.2 Å². The van der Waals surface area contributed by atoms with E-state index in [1.165, 1.54) is 13.0 Å². The summed E-state index contributed by atoms with van der Waals surface area (Å²) in [5.74, 6) is -6.24. The summed E-state index contributed by atoms with van der Waals surface area (Å²) in [6.07, 6.45) is -3.50. The molecule has 2 aromatic heterocycles. The van der Waals surface area contributed by atoms with E-state index in [9.17, 15) is 50.4 Å². The Hall–Kier alpha value is -5.55. The average Bonchev–Trinajstić information content (AvgIpc) is 3.97. The molecule has 0 bridgehead atoms. The van der Waals surface area contributed by atoms with Crippen LogP contribution in [-0.2, 0) is 69.1 Å². The second kappa shape index (κ2) is 22.9. The number of aromatic nitrogens is 1. The molecule has 5 rings (SSSR count). The number of rotatable bonds is 23. The quantitative estimate of drug-likeness (QED) is 0.0589. The van der Waals surface area contributed by atoms with Crippen molar-refractivity contribution in [2.75, 3.05) is 43.8 Å². The van der Waals surface area contributed by atoms with Crippen molar-refractivity contribution in [3.63, 3.8) is 0 Å². The lowest BCUT2D eigenvalue weighted by Gasteiger charge is -2.27. The van der Waals surface area contributed by atoms with E-state index in [0.717, 1.165) is 26.9 Å². The van der Waals surface area contributed by atoms with Gasteiger partial charge in [0.2, 0.25) is 0 Å². The van der Waals surface area contributed by atoms with Gasteiger partial charge in [-0.05, 0) is 109 Å². The number of Topliss-reactive ketones (excluding diaryl/α,β-unsaturated/α-hetero) is 2. The standard InChI is InChI=1S/C47H61N5O14S3/c1-10-48-38-19-25(4)69(62,63)47-35(38)23-41(67-47)68(60,61)24-39(54)28(7)65-46(59)30(9)66-45(58)29(8)64-40(55)16-14-32(53)20-31-13-15-36-33(21-31)34(43(56)51-36)22-37-26(5)42(27(6)50-37)44(57)49-17-18-52(11-2)12-3/h13,15,21-23,25,28-30,38,48,50H,10-12,14,16-20,24H2,1-9H3,(H,49,57)(H,51,56)/b34-22-/t25-,28-,29-,30-,38-/m0/s1. The van der Waals surface area contributed by atoms with Crippen LogP contribution in [0.2, 0.25) is 0 Å². The van der Waals surface area contributed by atoms with Crippen LogP contribution in [0.5, 0.6) is 0 Å². The fraction of sp³-hybridized carbons (Fsp3) is 0.511. The fourth-order valence-corrected chi connectivity index (χ4v) is 13.3. The van der Waals surface area contributed by atoms with Gasteiger partial charge in [0.05, 0.1) is 22.8 Å². The molecular weight excluding hydrogens is 955 g/mol. The predicted octanol–water partition coefficient (Wildman–Crippen LogP) is 4.20. The van der Waals surface area contributed by atoms with Gasteiger partial charge in [-0.25, -0.2) is 26.4 Å². The molecule has 0 saturated carbocycles. The molecule has 0 fully saturated rings. The molecule has 376 valence electrons. The van der Waals surface area contributed by atoms with Crippen molar-refractivity contribution in [2.24, 2.45) is 0 Å². The third-order valence-electron chi connectivity index (χ3n) is 12.0. The number of carbonyl (C=O) groups excluding carboxylic acids is 7. The number of benzene rings is 1. The second-order valence-corrected chi connectivity index (χ2v) is 22.9. The highest BCUT2D eigenvalue weighted by atomic mass is 32.3.